The van der Waals surface area contributed by atoms with Crippen molar-refractivity contribution in [3.63, 3.8) is 0 Å². The quantitative estimate of drug-likeness (QED) is 0.679. The monoisotopic (exact) mass is 332 g/mol. The van der Waals surface area contributed by atoms with E-state index in [4.69, 9.17) is 4.74 Å². The van der Waals surface area contributed by atoms with Gasteiger partial charge in [-0.05, 0) is 45.7 Å². The number of rotatable bonds is 3. The third-order valence-corrected chi connectivity index (χ3v) is 3.79. The van der Waals surface area contributed by atoms with Crippen LogP contribution in [-0.2, 0) is 9.53 Å². The molecule has 1 aliphatic heterocycles. The Morgan fingerprint density at radius 3 is 2.54 bits per heavy atom. The number of allylic oxidation sites excluding steroid dienone is 1. The molecular weight excluding hydrogens is 308 g/mol. The molecule has 1 aromatic heterocycles. The van der Waals surface area contributed by atoms with Gasteiger partial charge in [-0.1, -0.05) is 0 Å². The third-order valence-electron chi connectivity index (χ3n) is 3.79. The molecule has 0 radical (unpaired) electrons. The maximum atomic E-state index is 12.3. The number of aliphatic hydroxyl groups is 1. The Labute approximate surface area is 142 Å². The number of aromatic nitrogens is 1. The highest BCUT2D eigenvalue weighted by Gasteiger charge is 2.29. The van der Waals surface area contributed by atoms with Crippen LogP contribution in [0.4, 0.5) is 4.79 Å². The molecule has 1 N–H and O–H groups in total. The molecule has 1 aromatic rings. The van der Waals surface area contributed by atoms with Crippen molar-refractivity contribution < 1.29 is 19.4 Å². The summed E-state index contributed by atoms with van der Waals surface area (Å²) in [6, 6.07) is 3.39. The van der Waals surface area contributed by atoms with Crippen LogP contribution in [0.2, 0.25) is 0 Å². The van der Waals surface area contributed by atoms with Gasteiger partial charge in [0.25, 0.3) is 0 Å². The highest BCUT2D eigenvalue weighted by Crippen LogP contribution is 2.22. The Bertz CT molecular complexity index is 612. The molecule has 130 valence electrons. The van der Waals surface area contributed by atoms with Crippen LogP contribution in [0.5, 0.6) is 0 Å². The van der Waals surface area contributed by atoms with Crippen molar-refractivity contribution in [2.75, 3.05) is 13.1 Å². The Morgan fingerprint density at radius 1 is 1.33 bits per heavy atom. The topological polar surface area (TPSA) is 79.7 Å². The van der Waals surface area contributed by atoms with Gasteiger partial charge in [-0.3, -0.25) is 9.78 Å². The van der Waals surface area contributed by atoms with Crippen molar-refractivity contribution in [1.82, 2.24) is 9.88 Å². The molecule has 2 rings (SSSR count). The predicted molar refractivity (Wildman–Crippen MR) is 90.4 cm³/mol. The van der Waals surface area contributed by atoms with E-state index in [9.17, 15) is 14.7 Å². The molecule has 0 unspecified atom stereocenters. The lowest BCUT2D eigenvalue weighted by Gasteiger charge is -2.32. The van der Waals surface area contributed by atoms with Gasteiger partial charge in [-0.2, -0.15) is 0 Å². The van der Waals surface area contributed by atoms with Gasteiger partial charge in [0.1, 0.15) is 11.4 Å². The number of ketones is 1. The number of likely N-dealkylation sites (tertiary alicyclic amines) is 1. The molecule has 1 amide bonds. The maximum Gasteiger partial charge on any atom is 0.410 e. The Balaban J connectivity index is 1.90. The van der Waals surface area contributed by atoms with E-state index in [1.807, 2.05) is 20.8 Å². The number of amides is 1. The molecule has 0 bridgehead atoms. The molecule has 0 atom stereocenters. The molecule has 0 spiro atoms. The third kappa shape index (κ3) is 5.08. The van der Waals surface area contributed by atoms with E-state index in [2.05, 4.69) is 4.98 Å². The Morgan fingerprint density at radius 2 is 2.00 bits per heavy atom. The number of piperidine rings is 1. The largest absolute Gasteiger partial charge is 0.507 e. The summed E-state index contributed by atoms with van der Waals surface area (Å²) < 4.78 is 5.34. The minimum Gasteiger partial charge on any atom is -0.507 e. The first-order valence-electron chi connectivity index (χ1n) is 8.09. The summed E-state index contributed by atoms with van der Waals surface area (Å²) >= 11 is 0. The standard InChI is InChI=1S/C18H24N2O4/c1-18(2,3)24-17(23)20-9-6-13(7-10-20)15(21)11-16(22)14-5-4-8-19-12-14/h4-5,8,11-13,22H,6-7,9-10H2,1-3H3/b16-11-. The second kappa shape index (κ2) is 7.47. The van der Waals surface area contributed by atoms with Crippen LogP contribution in [0.3, 0.4) is 0 Å². The fraction of sp³-hybridized carbons (Fsp3) is 0.500. The first-order chi connectivity index (χ1) is 11.3. The first-order valence-corrected chi connectivity index (χ1v) is 8.09. The van der Waals surface area contributed by atoms with Crippen LogP contribution in [0.15, 0.2) is 30.6 Å². The lowest BCUT2D eigenvalue weighted by atomic mass is 9.92. The number of hydrogen-bond acceptors (Lipinski definition) is 5. The summed E-state index contributed by atoms with van der Waals surface area (Å²) in [7, 11) is 0. The Kier molecular flexibility index (Phi) is 5.59. The molecule has 6 nitrogen and oxygen atoms in total. The van der Waals surface area contributed by atoms with Crippen molar-refractivity contribution in [2.24, 2.45) is 5.92 Å². The number of nitrogens with zero attached hydrogens (tertiary/aromatic N) is 2. The van der Waals surface area contributed by atoms with Gasteiger partial charge in [0.05, 0.1) is 0 Å². The number of carbonyl (C=O) groups is 2. The highest BCUT2D eigenvalue weighted by atomic mass is 16.6. The number of carbonyl (C=O) groups excluding carboxylic acids is 2. The van der Waals surface area contributed by atoms with Crippen LogP contribution in [0.25, 0.3) is 5.76 Å². The van der Waals surface area contributed by atoms with Gasteiger partial charge in [-0.25, -0.2) is 4.79 Å². The molecule has 2 heterocycles. The van der Waals surface area contributed by atoms with E-state index in [-0.39, 0.29) is 23.6 Å². The summed E-state index contributed by atoms with van der Waals surface area (Å²) in [6.45, 7) is 6.44. The van der Waals surface area contributed by atoms with Crippen LogP contribution >= 0.6 is 0 Å². The molecule has 0 aliphatic carbocycles. The predicted octanol–water partition coefficient (Wildman–Crippen LogP) is 3.20. The van der Waals surface area contributed by atoms with Crippen molar-refractivity contribution in [1.29, 1.82) is 0 Å². The first kappa shape index (κ1) is 18.0. The molecule has 1 aliphatic rings. The second-order valence-corrected chi connectivity index (χ2v) is 6.92. The van der Waals surface area contributed by atoms with Gasteiger partial charge < -0.3 is 14.7 Å². The minimum absolute atomic E-state index is 0.0809. The molecule has 1 saturated heterocycles. The SMILES string of the molecule is CC(C)(C)OC(=O)N1CCC(C(=O)/C=C(\O)c2cccnc2)CC1. The normalized spacial score (nSPS) is 16.8. The molecule has 0 aromatic carbocycles. The van der Waals surface area contributed by atoms with Crippen LogP contribution < -0.4 is 0 Å². The maximum absolute atomic E-state index is 12.3. The van der Waals surface area contributed by atoms with Crippen LogP contribution in [-0.4, -0.2) is 45.6 Å². The van der Waals surface area contributed by atoms with Gasteiger partial charge in [0.15, 0.2) is 5.78 Å². The van der Waals surface area contributed by atoms with Gasteiger partial charge >= 0.3 is 6.09 Å². The summed E-state index contributed by atoms with van der Waals surface area (Å²) in [5, 5.41) is 10.0. The summed E-state index contributed by atoms with van der Waals surface area (Å²) in [5.74, 6) is -0.398. The highest BCUT2D eigenvalue weighted by molar-refractivity contribution is 5.97. The molecule has 1 fully saturated rings. The molecule has 24 heavy (non-hydrogen) atoms. The number of pyridine rings is 1. The number of ether oxygens (including phenoxy) is 1. The van der Waals surface area contributed by atoms with Gasteiger partial charge in [0.2, 0.25) is 0 Å². The summed E-state index contributed by atoms with van der Waals surface area (Å²) in [4.78, 5) is 29.8. The van der Waals surface area contributed by atoms with Crippen molar-refractivity contribution in [3.8, 4) is 0 Å². The zero-order valence-electron chi connectivity index (χ0n) is 14.4. The average molecular weight is 332 g/mol. The van der Waals surface area contributed by atoms with Crippen LogP contribution in [0.1, 0.15) is 39.2 Å². The van der Waals surface area contributed by atoms with E-state index in [1.54, 1.807) is 23.2 Å². The molecular formula is C18H24N2O4. The van der Waals surface area contributed by atoms with Gasteiger partial charge in [-0.15, -0.1) is 0 Å². The van der Waals surface area contributed by atoms with Crippen molar-refractivity contribution in [3.05, 3.63) is 36.2 Å². The van der Waals surface area contributed by atoms with Crippen LogP contribution in [0, 0.1) is 5.92 Å². The van der Waals surface area contributed by atoms with E-state index < -0.39 is 5.60 Å². The van der Waals surface area contributed by atoms with E-state index in [0.717, 1.165) is 0 Å². The lowest BCUT2D eigenvalue weighted by Crippen LogP contribution is -2.42. The summed E-state index contributed by atoms with van der Waals surface area (Å²) in [5.41, 5.74) is -0.0146. The summed E-state index contributed by atoms with van der Waals surface area (Å²) in [6.07, 6.45) is 5.14. The van der Waals surface area contributed by atoms with E-state index >= 15 is 0 Å². The Hall–Kier alpha value is -2.37. The lowest BCUT2D eigenvalue weighted by molar-refractivity contribution is -0.119. The molecule has 0 saturated carbocycles. The fourth-order valence-electron chi connectivity index (χ4n) is 2.52. The minimum atomic E-state index is -0.526. The van der Waals surface area contributed by atoms with Gasteiger partial charge in [0, 0.05) is 43.0 Å². The average Bonchev–Trinajstić information content (AvgIpc) is 2.54. The van der Waals surface area contributed by atoms with Crippen molar-refractivity contribution >= 4 is 17.6 Å². The number of aliphatic hydroxyl groups excluding tert-OH is 1. The van der Waals surface area contributed by atoms with E-state index in [0.29, 0.717) is 31.5 Å². The smallest absolute Gasteiger partial charge is 0.410 e. The molecule has 6 heteroatoms. The van der Waals surface area contributed by atoms with Crippen molar-refractivity contribution in [2.45, 2.75) is 39.2 Å². The fourth-order valence-corrected chi connectivity index (χ4v) is 2.52. The zero-order chi connectivity index (χ0) is 17.7. The zero-order valence-corrected chi connectivity index (χ0v) is 14.4. The second-order valence-electron chi connectivity index (χ2n) is 6.92. The van der Waals surface area contributed by atoms with E-state index in [1.165, 1.54) is 12.3 Å². The number of hydrogen-bond donors (Lipinski definition) is 1.